The number of hydrogen-bond donors (Lipinski definition) is 2. The first kappa shape index (κ1) is 13.2. The van der Waals surface area contributed by atoms with E-state index in [1.54, 1.807) is 6.07 Å². The van der Waals surface area contributed by atoms with Crippen molar-refractivity contribution in [3.63, 3.8) is 0 Å². The SMILES string of the molecule is CCCC(=O)Nc1ccc(C)c(NC(C)=O)c1. The van der Waals surface area contributed by atoms with E-state index in [4.69, 9.17) is 0 Å². The van der Waals surface area contributed by atoms with Gasteiger partial charge in [0.2, 0.25) is 11.8 Å². The molecule has 4 heteroatoms. The average molecular weight is 234 g/mol. The Bertz CT molecular complexity index is 427. The third-order valence-electron chi connectivity index (χ3n) is 2.31. The largest absolute Gasteiger partial charge is 0.326 e. The Morgan fingerprint density at radius 3 is 2.53 bits per heavy atom. The fourth-order valence-electron chi connectivity index (χ4n) is 1.47. The number of hydrogen-bond acceptors (Lipinski definition) is 2. The molecule has 17 heavy (non-hydrogen) atoms. The Labute approximate surface area is 101 Å². The van der Waals surface area contributed by atoms with Crippen LogP contribution in [0.2, 0.25) is 0 Å². The predicted molar refractivity (Wildman–Crippen MR) is 69.0 cm³/mol. The highest BCUT2D eigenvalue weighted by atomic mass is 16.2. The fraction of sp³-hybridized carbons (Fsp3) is 0.385. The Morgan fingerprint density at radius 1 is 1.24 bits per heavy atom. The minimum atomic E-state index is -0.120. The first-order chi connectivity index (χ1) is 8.02. The molecular formula is C13H18N2O2. The van der Waals surface area contributed by atoms with Crippen LogP contribution < -0.4 is 10.6 Å². The Kier molecular flexibility index (Phi) is 4.69. The van der Waals surface area contributed by atoms with Crippen molar-refractivity contribution in [3.8, 4) is 0 Å². The Hall–Kier alpha value is -1.84. The van der Waals surface area contributed by atoms with E-state index in [9.17, 15) is 9.59 Å². The molecule has 0 aliphatic rings. The molecule has 1 aromatic carbocycles. The smallest absolute Gasteiger partial charge is 0.224 e. The molecule has 2 N–H and O–H groups in total. The lowest BCUT2D eigenvalue weighted by atomic mass is 10.1. The molecule has 0 bridgehead atoms. The highest BCUT2D eigenvalue weighted by Crippen LogP contribution is 2.20. The van der Waals surface area contributed by atoms with Crippen LogP contribution in [0, 0.1) is 6.92 Å². The molecule has 0 aromatic heterocycles. The first-order valence-electron chi connectivity index (χ1n) is 5.71. The summed E-state index contributed by atoms with van der Waals surface area (Å²) in [7, 11) is 0. The van der Waals surface area contributed by atoms with Crippen molar-refractivity contribution in [1.29, 1.82) is 0 Å². The molecule has 0 spiro atoms. The number of benzene rings is 1. The number of amides is 2. The van der Waals surface area contributed by atoms with Crippen LogP contribution in [0.5, 0.6) is 0 Å². The van der Waals surface area contributed by atoms with E-state index >= 15 is 0 Å². The third-order valence-corrected chi connectivity index (χ3v) is 2.31. The van der Waals surface area contributed by atoms with Gasteiger partial charge in [0, 0.05) is 24.7 Å². The van der Waals surface area contributed by atoms with Gasteiger partial charge in [0.25, 0.3) is 0 Å². The van der Waals surface area contributed by atoms with Crippen molar-refractivity contribution in [1.82, 2.24) is 0 Å². The molecule has 0 atom stereocenters. The van der Waals surface area contributed by atoms with Crippen molar-refractivity contribution >= 4 is 23.2 Å². The highest BCUT2D eigenvalue weighted by Gasteiger charge is 2.04. The van der Waals surface area contributed by atoms with Crippen LogP contribution in [0.25, 0.3) is 0 Å². The minimum absolute atomic E-state index is 0.00914. The average Bonchev–Trinajstić information content (AvgIpc) is 2.22. The second-order valence-corrected chi connectivity index (χ2v) is 4.01. The van der Waals surface area contributed by atoms with Gasteiger partial charge >= 0.3 is 0 Å². The van der Waals surface area contributed by atoms with E-state index in [0.29, 0.717) is 12.1 Å². The zero-order chi connectivity index (χ0) is 12.8. The van der Waals surface area contributed by atoms with Gasteiger partial charge in [-0.2, -0.15) is 0 Å². The molecule has 92 valence electrons. The van der Waals surface area contributed by atoms with Gasteiger partial charge < -0.3 is 10.6 Å². The Balaban J connectivity index is 2.81. The number of aryl methyl sites for hydroxylation is 1. The predicted octanol–water partition coefficient (Wildman–Crippen LogP) is 2.69. The second-order valence-electron chi connectivity index (χ2n) is 4.01. The van der Waals surface area contributed by atoms with Crippen LogP contribution in [0.1, 0.15) is 32.3 Å². The van der Waals surface area contributed by atoms with Gasteiger partial charge in [-0.25, -0.2) is 0 Å². The summed E-state index contributed by atoms with van der Waals surface area (Å²) >= 11 is 0. The van der Waals surface area contributed by atoms with Gasteiger partial charge in [-0.15, -0.1) is 0 Å². The maximum atomic E-state index is 11.4. The molecule has 4 nitrogen and oxygen atoms in total. The normalized spacial score (nSPS) is 9.82. The van der Waals surface area contributed by atoms with Gasteiger partial charge in [-0.1, -0.05) is 13.0 Å². The summed E-state index contributed by atoms with van der Waals surface area (Å²) in [4.78, 5) is 22.4. The first-order valence-corrected chi connectivity index (χ1v) is 5.71. The Morgan fingerprint density at radius 2 is 1.94 bits per heavy atom. The lowest BCUT2D eigenvalue weighted by Gasteiger charge is -2.10. The standard InChI is InChI=1S/C13H18N2O2/c1-4-5-13(17)15-11-7-6-9(2)12(8-11)14-10(3)16/h6-8H,4-5H2,1-3H3,(H,14,16)(H,15,17). The van der Waals surface area contributed by atoms with E-state index in [-0.39, 0.29) is 11.8 Å². The number of rotatable bonds is 4. The van der Waals surface area contributed by atoms with Gasteiger partial charge in [-0.05, 0) is 31.0 Å². The second kappa shape index (κ2) is 6.03. The molecule has 0 aliphatic carbocycles. The van der Waals surface area contributed by atoms with E-state index < -0.39 is 0 Å². The molecular weight excluding hydrogens is 216 g/mol. The van der Waals surface area contributed by atoms with Crippen molar-refractivity contribution < 1.29 is 9.59 Å². The molecule has 0 aliphatic heterocycles. The van der Waals surface area contributed by atoms with E-state index in [1.807, 2.05) is 26.0 Å². The van der Waals surface area contributed by atoms with Crippen LogP contribution >= 0.6 is 0 Å². The maximum absolute atomic E-state index is 11.4. The summed E-state index contributed by atoms with van der Waals surface area (Å²) in [6.07, 6.45) is 1.32. The summed E-state index contributed by atoms with van der Waals surface area (Å²) in [5.41, 5.74) is 2.40. The number of anilines is 2. The zero-order valence-electron chi connectivity index (χ0n) is 10.5. The van der Waals surface area contributed by atoms with E-state index in [1.165, 1.54) is 6.92 Å². The van der Waals surface area contributed by atoms with Crippen molar-refractivity contribution in [3.05, 3.63) is 23.8 Å². The number of carbonyl (C=O) groups excluding carboxylic acids is 2. The van der Waals surface area contributed by atoms with Crippen LogP contribution in [0.15, 0.2) is 18.2 Å². The number of carbonyl (C=O) groups is 2. The molecule has 0 fully saturated rings. The molecule has 0 unspecified atom stereocenters. The van der Waals surface area contributed by atoms with Gasteiger partial charge in [0.1, 0.15) is 0 Å². The summed E-state index contributed by atoms with van der Waals surface area (Å²) in [5.74, 6) is -0.129. The molecule has 0 saturated heterocycles. The maximum Gasteiger partial charge on any atom is 0.224 e. The lowest BCUT2D eigenvalue weighted by Crippen LogP contribution is -2.12. The molecule has 0 radical (unpaired) electrons. The quantitative estimate of drug-likeness (QED) is 0.841. The van der Waals surface area contributed by atoms with E-state index in [0.717, 1.165) is 17.7 Å². The minimum Gasteiger partial charge on any atom is -0.326 e. The summed E-state index contributed by atoms with van der Waals surface area (Å²) < 4.78 is 0. The molecule has 1 aromatic rings. The van der Waals surface area contributed by atoms with Crippen LogP contribution in [0.3, 0.4) is 0 Å². The fourth-order valence-corrected chi connectivity index (χ4v) is 1.47. The van der Waals surface area contributed by atoms with Gasteiger partial charge in [-0.3, -0.25) is 9.59 Å². The van der Waals surface area contributed by atoms with Crippen LogP contribution in [0.4, 0.5) is 11.4 Å². The topological polar surface area (TPSA) is 58.2 Å². The summed E-state index contributed by atoms with van der Waals surface area (Å²) in [6.45, 7) is 5.32. The van der Waals surface area contributed by atoms with Crippen molar-refractivity contribution in [2.45, 2.75) is 33.6 Å². The molecule has 1 rings (SSSR count). The molecule has 0 heterocycles. The van der Waals surface area contributed by atoms with E-state index in [2.05, 4.69) is 10.6 Å². The third kappa shape index (κ3) is 4.26. The summed E-state index contributed by atoms with van der Waals surface area (Å²) in [6, 6.07) is 5.46. The number of nitrogens with one attached hydrogen (secondary N) is 2. The van der Waals surface area contributed by atoms with Crippen molar-refractivity contribution in [2.75, 3.05) is 10.6 Å². The van der Waals surface area contributed by atoms with Crippen LogP contribution in [-0.2, 0) is 9.59 Å². The lowest BCUT2D eigenvalue weighted by molar-refractivity contribution is -0.116. The van der Waals surface area contributed by atoms with Gasteiger partial charge in [0.05, 0.1) is 0 Å². The molecule has 2 amide bonds. The van der Waals surface area contributed by atoms with Gasteiger partial charge in [0.15, 0.2) is 0 Å². The van der Waals surface area contributed by atoms with Crippen LogP contribution in [-0.4, -0.2) is 11.8 Å². The zero-order valence-corrected chi connectivity index (χ0v) is 10.5. The monoisotopic (exact) mass is 234 g/mol. The highest BCUT2D eigenvalue weighted by molar-refractivity contribution is 5.93. The van der Waals surface area contributed by atoms with Crippen molar-refractivity contribution in [2.24, 2.45) is 0 Å². The molecule has 0 saturated carbocycles. The summed E-state index contributed by atoms with van der Waals surface area (Å²) in [5, 5.41) is 5.52.